The number of halogens is 1. The lowest BCUT2D eigenvalue weighted by Crippen LogP contribution is -2.43. The number of hydrogen-bond donors (Lipinski definition) is 2. The van der Waals surface area contributed by atoms with Gasteiger partial charge in [-0.2, -0.15) is 0 Å². The van der Waals surface area contributed by atoms with Crippen LogP contribution in [0.25, 0.3) is 0 Å². The van der Waals surface area contributed by atoms with E-state index in [0.717, 1.165) is 19.5 Å². The third kappa shape index (κ3) is 2.53. The van der Waals surface area contributed by atoms with Crippen LogP contribution in [0.2, 0.25) is 0 Å². The number of rotatable bonds is 1. The second-order valence-corrected chi connectivity index (χ2v) is 2.81. The first-order valence-corrected chi connectivity index (χ1v) is 3.91. The van der Waals surface area contributed by atoms with E-state index in [1.807, 2.05) is 7.05 Å². The highest BCUT2D eigenvalue weighted by Crippen LogP contribution is 2.05. The summed E-state index contributed by atoms with van der Waals surface area (Å²) in [5.74, 6) is 0. The maximum Gasteiger partial charge on any atom is 0.317 e. The van der Waals surface area contributed by atoms with Crippen LogP contribution < -0.4 is 10.6 Å². The summed E-state index contributed by atoms with van der Waals surface area (Å²) in [4.78, 5) is 12.8. The highest BCUT2D eigenvalue weighted by Gasteiger charge is 2.21. The lowest BCUT2D eigenvalue weighted by Gasteiger charge is -2.22. The normalized spacial score (nSPS) is 21.3. The number of carbonyl (C=O) groups is 1. The van der Waals surface area contributed by atoms with Gasteiger partial charge in [0.2, 0.25) is 0 Å². The first-order valence-electron chi connectivity index (χ1n) is 3.91. The summed E-state index contributed by atoms with van der Waals surface area (Å²) < 4.78 is 0. The number of nitrogens with zero attached hydrogens (tertiary/aromatic N) is 1. The molecule has 0 aliphatic carbocycles. The Morgan fingerprint density at radius 1 is 1.67 bits per heavy atom. The smallest absolute Gasteiger partial charge is 0.317 e. The minimum atomic E-state index is -0.00120. The summed E-state index contributed by atoms with van der Waals surface area (Å²) in [6.45, 7) is 1.94. The van der Waals surface area contributed by atoms with Gasteiger partial charge in [0.25, 0.3) is 0 Å². The molecule has 4 nitrogen and oxygen atoms in total. The molecule has 1 fully saturated rings. The zero-order valence-corrected chi connectivity index (χ0v) is 8.28. The van der Waals surface area contributed by atoms with Gasteiger partial charge in [-0.3, -0.25) is 0 Å². The average Bonchev–Trinajstić information content (AvgIpc) is 2.53. The number of carbonyl (C=O) groups excluding carboxylic acids is 1. The quantitative estimate of drug-likeness (QED) is 0.618. The lowest BCUT2D eigenvalue weighted by molar-refractivity contribution is 0.196. The van der Waals surface area contributed by atoms with Crippen LogP contribution in [0.3, 0.4) is 0 Å². The van der Waals surface area contributed by atoms with Crippen LogP contribution in [-0.4, -0.2) is 44.2 Å². The molecule has 1 unspecified atom stereocenters. The van der Waals surface area contributed by atoms with Gasteiger partial charge in [-0.25, -0.2) is 4.79 Å². The third-order valence-electron chi connectivity index (χ3n) is 2.12. The molecular formula is C7H16ClN3O. The highest BCUT2D eigenvalue weighted by atomic mass is 35.5. The Bertz CT molecular complexity index is 148. The minimum Gasteiger partial charge on any atom is -0.341 e. The van der Waals surface area contributed by atoms with Crippen molar-refractivity contribution in [1.82, 2.24) is 15.5 Å². The van der Waals surface area contributed by atoms with Crippen LogP contribution in [0.1, 0.15) is 6.42 Å². The van der Waals surface area contributed by atoms with Gasteiger partial charge in [0, 0.05) is 26.7 Å². The van der Waals surface area contributed by atoms with E-state index < -0.39 is 0 Å². The zero-order chi connectivity index (χ0) is 8.27. The van der Waals surface area contributed by atoms with Gasteiger partial charge < -0.3 is 15.5 Å². The number of urea groups is 1. The summed E-state index contributed by atoms with van der Waals surface area (Å²) in [5.41, 5.74) is 0. The van der Waals surface area contributed by atoms with Crippen molar-refractivity contribution in [3.63, 3.8) is 0 Å². The van der Waals surface area contributed by atoms with E-state index >= 15 is 0 Å². The molecule has 2 amide bonds. The van der Waals surface area contributed by atoms with Gasteiger partial charge in [0.1, 0.15) is 0 Å². The second-order valence-electron chi connectivity index (χ2n) is 2.81. The number of nitrogens with one attached hydrogen (secondary N) is 2. The lowest BCUT2D eigenvalue weighted by atomic mass is 10.2. The molecule has 0 radical (unpaired) electrons. The van der Waals surface area contributed by atoms with Gasteiger partial charge >= 0.3 is 6.03 Å². The maximum atomic E-state index is 11.1. The molecule has 0 aromatic carbocycles. The van der Waals surface area contributed by atoms with Crippen molar-refractivity contribution in [2.24, 2.45) is 0 Å². The fourth-order valence-electron chi connectivity index (χ4n) is 1.31. The van der Waals surface area contributed by atoms with E-state index in [2.05, 4.69) is 10.6 Å². The van der Waals surface area contributed by atoms with Crippen molar-refractivity contribution in [3.8, 4) is 0 Å². The van der Waals surface area contributed by atoms with E-state index in [0.29, 0.717) is 6.04 Å². The maximum absolute atomic E-state index is 11.1. The largest absolute Gasteiger partial charge is 0.341 e. The average molecular weight is 194 g/mol. The molecule has 1 heterocycles. The Hall–Kier alpha value is -0.480. The fraction of sp³-hybridized carbons (Fsp3) is 0.857. The van der Waals surface area contributed by atoms with Gasteiger partial charge in [0.05, 0.1) is 0 Å². The molecule has 2 N–H and O–H groups in total. The summed E-state index contributed by atoms with van der Waals surface area (Å²) in [7, 11) is 3.48. The van der Waals surface area contributed by atoms with Crippen LogP contribution in [0.5, 0.6) is 0 Å². The van der Waals surface area contributed by atoms with Crippen molar-refractivity contribution < 1.29 is 4.79 Å². The van der Waals surface area contributed by atoms with Crippen LogP contribution in [0.15, 0.2) is 0 Å². The molecule has 1 aliphatic rings. The van der Waals surface area contributed by atoms with Crippen molar-refractivity contribution >= 4 is 18.4 Å². The van der Waals surface area contributed by atoms with Crippen molar-refractivity contribution in [2.75, 3.05) is 27.2 Å². The molecule has 0 aromatic rings. The van der Waals surface area contributed by atoms with E-state index in [9.17, 15) is 4.79 Å². The topological polar surface area (TPSA) is 44.4 Å². The van der Waals surface area contributed by atoms with Crippen LogP contribution in [0, 0.1) is 0 Å². The second kappa shape index (κ2) is 5.22. The molecule has 0 aromatic heterocycles. The molecular weight excluding hydrogens is 178 g/mol. The Kier molecular flexibility index (Phi) is 5.01. The van der Waals surface area contributed by atoms with Gasteiger partial charge in [0.15, 0.2) is 0 Å². The molecule has 5 heteroatoms. The van der Waals surface area contributed by atoms with E-state index in [1.165, 1.54) is 0 Å². The van der Waals surface area contributed by atoms with E-state index in [4.69, 9.17) is 0 Å². The monoisotopic (exact) mass is 193 g/mol. The number of hydrogen-bond acceptors (Lipinski definition) is 2. The van der Waals surface area contributed by atoms with Crippen molar-refractivity contribution in [1.29, 1.82) is 0 Å². The minimum absolute atomic E-state index is 0. The van der Waals surface area contributed by atoms with E-state index in [-0.39, 0.29) is 18.4 Å². The Morgan fingerprint density at radius 3 is 2.75 bits per heavy atom. The number of amides is 2. The van der Waals surface area contributed by atoms with Crippen molar-refractivity contribution in [3.05, 3.63) is 0 Å². The zero-order valence-electron chi connectivity index (χ0n) is 7.46. The Morgan fingerprint density at radius 2 is 2.33 bits per heavy atom. The predicted octanol–water partition coefficient (Wildman–Crippen LogP) is 0.0413. The SMILES string of the molecule is CNC(=O)N(C)C1CCNC1.Cl. The molecule has 12 heavy (non-hydrogen) atoms. The highest BCUT2D eigenvalue weighted by molar-refractivity contribution is 5.85. The van der Waals surface area contributed by atoms with Crippen molar-refractivity contribution in [2.45, 2.75) is 12.5 Å². The molecule has 1 aliphatic heterocycles. The standard InChI is InChI=1S/C7H15N3O.ClH/c1-8-7(11)10(2)6-3-4-9-5-6;/h6,9H,3-5H2,1-2H3,(H,8,11);1H. The summed E-state index contributed by atoms with van der Waals surface area (Å²) in [6, 6.07) is 0.369. The first kappa shape index (κ1) is 11.5. The molecule has 0 bridgehead atoms. The predicted molar refractivity (Wildman–Crippen MR) is 50.7 cm³/mol. The first-order chi connectivity index (χ1) is 5.25. The summed E-state index contributed by atoms with van der Waals surface area (Å²) in [5, 5.41) is 5.81. The number of likely N-dealkylation sites (N-methyl/N-ethyl adjacent to an activating group) is 1. The third-order valence-corrected chi connectivity index (χ3v) is 2.12. The van der Waals surface area contributed by atoms with Crippen LogP contribution >= 0.6 is 12.4 Å². The van der Waals surface area contributed by atoms with Crippen LogP contribution in [0.4, 0.5) is 4.79 Å². The molecule has 0 saturated carbocycles. The van der Waals surface area contributed by atoms with E-state index in [1.54, 1.807) is 11.9 Å². The molecule has 1 rings (SSSR count). The fourth-order valence-corrected chi connectivity index (χ4v) is 1.31. The van der Waals surface area contributed by atoms with Gasteiger partial charge in [-0.1, -0.05) is 0 Å². The molecule has 1 atom stereocenters. The molecule has 0 spiro atoms. The Balaban J connectivity index is 0.00000121. The van der Waals surface area contributed by atoms with Gasteiger partial charge in [-0.05, 0) is 13.0 Å². The molecule has 1 saturated heterocycles. The molecule has 72 valence electrons. The Labute approximate surface area is 79.1 Å². The van der Waals surface area contributed by atoms with Gasteiger partial charge in [-0.15, -0.1) is 12.4 Å². The summed E-state index contributed by atoms with van der Waals surface area (Å²) in [6.07, 6.45) is 1.06. The summed E-state index contributed by atoms with van der Waals surface area (Å²) >= 11 is 0. The van der Waals surface area contributed by atoms with Crippen LogP contribution in [-0.2, 0) is 0 Å².